The second-order valence-corrected chi connectivity index (χ2v) is 7.40. The summed E-state index contributed by atoms with van der Waals surface area (Å²) in [7, 11) is 0. The molecule has 1 aromatic carbocycles. The topological polar surface area (TPSA) is 81.8 Å². The van der Waals surface area contributed by atoms with Gasteiger partial charge in [-0.15, -0.1) is 0 Å². The Kier molecular flexibility index (Phi) is 7.57. The minimum Gasteiger partial charge on any atom is -0.511 e. The Bertz CT molecular complexity index is 749. The number of halogens is 3. The highest BCUT2D eigenvalue weighted by atomic mass is 19.4. The van der Waals surface area contributed by atoms with Crippen molar-refractivity contribution in [3.63, 3.8) is 0 Å². The molecule has 8 heteroatoms. The molecule has 0 aromatic heterocycles. The summed E-state index contributed by atoms with van der Waals surface area (Å²) in [6, 6.07) is 2.82. The quantitative estimate of drug-likeness (QED) is 0.504. The predicted octanol–water partition coefficient (Wildman–Crippen LogP) is 4.59. The smallest absolute Gasteiger partial charge is 0.422 e. The number of primary amides is 1. The van der Waals surface area contributed by atoms with Gasteiger partial charge in [0.2, 0.25) is 0 Å². The average Bonchev–Trinajstić information content (AvgIpc) is 2.62. The lowest BCUT2D eigenvalue weighted by Crippen LogP contribution is -2.26. The lowest BCUT2D eigenvalue weighted by atomic mass is 9.82. The zero-order valence-electron chi connectivity index (χ0n) is 16.9. The van der Waals surface area contributed by atoms with E-state index in [1.807, 2.05) is 6.92 Å². The molecule has 1 aromatic rings. The number of carbonyl (C=O) groups is 1. The predicted molar refractivity (Wildman–Crippen MR) is 104 cm³/mol. The molecule has 162 valence electrons. The largest absolute Gasteiger partial charge is 0.511 e. The number of alkyl halides is 3. The maximum atomic E-state index is 12.4. The van der Waals surface area contributed by atoms with E-state index in [0.29, 0.717) is 36.1 Å². The molecule has 1 aliphatic carbocycles. The lowest BCUT2D eigenvalue weighted by Gasteiger charge is -2.29. The standard InChI is InChI=1S/C21H28F3NO4/c1-4-28-15-7-5-6-14(10-15)19(26)18(20(25)27)17-12(2)8-16(9-13(17)3)29-11-21(22,23)24/h8-9,14-15,26H,4-7,10-11H2,1-3H3,(H2,25,27)/b19-18+/t14?,15-/m0/s1. The molecule has 2 rings (SSSR count). The Morgan fingerprint density at radius 3 is 2.38 bits per heavy atom. The molecule has 0 radical (unpaired) electrons. The van der Waals surface area contributed by atoms with Gasteiger partial charge >= 0.3 is 6.18 Å². The van der Waals surface area contributed by atoms with Crippen LogP contribution in [-0.4, -0.2) is 36.5 Å². The van der Waals surface area contributed by atoms with E-state index < -0.39 is 18.7 Å². The fourth-order valence-electron chi connectivity index (χ4n) is 3.93. The fraction of sp³-hybridized carbons (Fsp3) is 0.571. The number of hydrogen-bond donors (Lipinski definition) is 2. The molecule has 0 bridgehead atoms. The first-order valence-corrected chi connectivity index (χ1v) is 9.69. The number of allylic oxidation sites excluding steroid dienone is 1. The van der Waals surface area contributed by atoms with E-state index in [1.54, 1.807) is 13.8 Å². The van der Waals surface area contributed by atoms with Crippen LogP contribution in [-0.2, 0) is 9.53 Å². The molecule has 0 saturated heterocycles. The Morgan fingerprint density at radius 2 is 1.86 bits per heavy atom. The Morgan fingerprint density at radius 1 is 1.24 bits per heavy atom. The van der Waals surface area contributed by atoms with Gasteiger partial charge in [0.25, 0.3) is 5.91 Å². The van der Waals surface area contributed by atoms with Gasteiger partial charge in [-0.1, -0.05) is 6.42 Å². The van der Waals surface area contributed by atoms with E-state index in [9.17, 15) is 23.1 Å². The van der Waals surface area contributed by atoms with Gasteiger partial charge in [-0.2, -0.15) is 13.2 Å². The molecule has 29 heavy (non-hydrogen) atoms. The van der Waals surface area contributed by atoms with Crippen LogP contribution in [0.2, 0.25) is 0 Å². The zero-order chi connectivity index (χ0) is 21.8. The highest BCUT2D eigenvalue weighted by Gasteiger charge is 2.31. The number of amides is 1. The maximum absolute atomic E-state index is 12.4. The van der Waals surface area contributed by atoms with Gasteiger partial charge < -0.3 is 20.3 Å². The van der Waals surface area contributed by atoms with Gasteiger partial charge in [0.1, 0.15) is 11.5 Å². The lowest BCUT2D eigenvalue weighted by molar-refractivity contribution is -0.153. The second-order valence-electron chi connectivity index (χ2n) is 7.40. The van der Waals surface area contributed by atoms with Crippen molar-refractivity contribution in [3.8, 4) is 5.75 Å². The summed E-state index contributed by atoms with van der Waals surface area (Å²) in [5.74, 6) is -1.09. The van der Waals surface area contributed by atoms with Crippen LogP contribution in [0.15, 0.2) is 17.9 Å². The van der Waals surface area contributed by atoms with Crippen molar-refractivity contribution in [2.24, 2.45) is 11.7 Å². The molecule has 3 N–H and O–H groups in total. The number of hydrogen-bond acceptors (Lipinski definition) is 4. The van der Waals surface area contributed by atoms with Crippen LogP contribution < -0.4 is 10.5 Å². The third-order valence-electron chi connectivity index (χ3n) is 5.08. The summed E-state index contributed by atoms with van der Waals surface area (Å²) < 4.78 is 47.7. The maximum Gasteiger partial charge on any atom is 0.422 e. The minimum absolute atomic E-state index is 0.00419. The van der Waals surface area contributed by atoms with E-state index in [4.69, 9.17) is 15.2 Å². The van der Waals surface area contributed by atoms with Crippen LogP contribution >= 0.6 is 0 Å². The number of aliphatic hydroxyl groups excluding tert-OH is 1. The number of nitrogens with two attached hydrogens (primary N) is 1. The molecule has 1 unspecified atom stereocenters. The Balaban J connectivity index is 2.39. The number of ether oxygens (including phenoxy) is 2. The first kappa shape index (κ1) is 23.1. The Hall–Kier alpha value is -2.22. The van der Waals surface area contributed by atoms with Gasteiger partial charge in [-0.3, -0.25) is 4.79 Å². The van der Waals surface area contributed by atoms with Gasteiger partial charge in [0.15, 0.2) is 6.61 Å². The van der Waals surface area contributed by atoms with Crippen LogP contribution in [0.1, 0.15) is 49.3 Å². The van der Waals surface area contributed by atoms with Gasteiger partial charge in [0.05, 0.1) is 11.7 Å². The summed E-state index contributed by atoms with van der Waals surface area (Å²) in [5, 5.41) is 10.9. The number of aryl methyl sites for hydroxylation is 2. The van der Waals surface area contributed by atoms with Gasteiger partial charge in [-0.25, -0.2) is 0 Å². The molecule has 1 aliphatic rings. The van der Waals surface area contributed by atoms with Crippen molar-refractivity contribution in [1.82, 2.24) is 0 Å². The van der Waals surface area contributed by atoms with Crippen LogP contribution in [0.4, 0.5) is 13.2 Å². The summed E-state index contributed by atoms with van der Waals surface area (Å²) in [4.78, 5) is 12.2. The first-order chi connectivity index (χ1) is 13.5. The van der Waals surface area contributed by atoms with Gasteiger partial charge in [-0.05, 0) is 68.9 Å². The number of carbonyl (C=O) groups excluding carboxylic acids is 1. The summed E-state index contributed by atoms with van der Waals surface area (Å²) in [6.45, 7) is 4.35. The van der Waals surface area contributed by atoms with Crippen molar-refractivity contribution < 1.29 is 32.5 Å². The summed E-state index contributed by atoms with van der Waals surface area (Å²) >= 11 is 0. The highest BCUT2D eigenvalue weighted by molar-refractivity contribution is 6.20. The van der Waals surface area contributed by atoms with E-state index >= 15 is 0 Å². The van der Waals surface area contributed by atoms with E-state index in [0.717, 1.165) is 12.8 Å². The highest BCUT2D eigenvalue weighted by Crippen LogP contribution is 2.37. The van der Waals surface area contributed by atoms with Crippen molar-refractivity contribution in [1.29, 1.82) is 0 Å². The average molecular weight is 415 g/mol. The SMILES string of the molecule is CCO[C@H]1CCCC(/C(O)=C(\C(N)=O)c2c(C)cc(OCC(F)(F)F)cc2C)C1. The van der Waals surface area contributed by atoms with Crippen molar-refractivity contribution in [2.45, 2.75) is 58.7 Å². The normalized spacial score (nSPS) is 20.9. The molecule has 1 amide bonds. The van der Waals surface area contributed by atoms with Crippen LogP contribution in [0.3, 0.4) is 0 Å². The zero-order valence-corrected chi connectivity index (χ0v) is 16.9. The molecule has 5 nitrogen and oxygen atoms in total. The van der Waals surface area contributed by atoms with E-state index in [2.05, 4.69) is 0 Å². The molecule has 0 aliphatic heterocycles. The van der Waals surface area contributed by atoms with Gasteiger partial charge in [0, 0.05) is 12.5 Å². The monoisotopic (exact) mass is 415 g/mol. The molecular formula is C21H28F3NO4. The Labute approximate surface area is 168 Å². The summed E-state index contributed by atoms with van der Waals surface area (Å²) in [5.41, 5.74) is 7.02. The van der Waals surface area contributed by atoms with Crippen molar-refractivity contribution >= 4 is 11.5 Å². The third kappa shape index (κ3) is 6.13. The summed E-state index contributed by atoms with van der Waals surface area (Å²) in [6.07, 6.45) is -1.40. The van der Waals surface area contributed by atoms with Crippen molar-refractivity contribution in [3.05, 3.63) is 34.6 Å². The number of benzene rings is 1. The number of aliphatic hydroxyl groups is 1. The molecule has 1 fully saturated rings. The molecule has 2 atom stereocenters. The number of rotatable bonds is 7. The van der Waals surface area contributed by atoms with Crippen molar-refractivity contribution in [2.75, 3.05) is 13.2 Å². The van der Waals surface area contributed by atoms with Crippen LogP contribution in [0.25, 0.3) is 5.57 Å². The third-order valence-corrected chi connectivity index (χ3v) is 5.08. The molecule has 1 saturated carbocycles. The second kappa shape index (κ2) is 9.52. The first-order valence-electron chi connectivity index (χ1n) is 9.69. The minimum atomic E-state index is -4.45. The molecular weight excluding hydrogens is 387 g/mol. The van der Waals surface area contributed by atoms with E-state index in [-0.39, 0.29) is 29.1 Å². The van der Waals surface area contributed by atoms with E-state index in [1.165, 1.54) is 12.1 Å². The molecule has 0 spiro atoms. The van der Waals surface area contributed by atoms with Crippen LogP contribution in [0, 0.1) is 19.8 Å². The fourth-order valence-corrected chi connectivity index (χ4v) is 3.93. The molecule has 0 heterocycles. The van der Waals surface area contributed by atoms with Crippen LogP contribution in [0.5, 0.6) is 5.75 Å².